The van der Waals surface area contributed by atoms with Gasteiger partial charge >= 0.3 is 5.97 Å². The van der Waals surface area contributed by atoms with Crippen LogP contribution in [0.4, 0.5) is 0 Å². The Bertz CT molecular complexity index is 386. The van der Waals surface area contributed by atoms with Crippen LogP contribution in [0.25, 0.3) is 0 Å². The van der Waals surface area contributed by atoms with Crippen molar-refractivity contribution < 1.29 is 23.8 Å². The molecule has 0 aliphatic heterocycles. The molecule has 0 spiro atoms. The average Bonchev–Trinajstić information content (AvgIpc) is 2.30. The van der Waals surface area contributed by atoms with Gasteiger partial charge in [0.25, 0.3) is 6.47 Å². The molecule has 16 heavy (non-hydrogen) atoms. The summed E-state index contributed by atoms with van der Waals surface area (Å²) in [6, 6.07) is 4.43. The SMILES string of the molecule is CCOC(=O)c1ccc(OC=O)c(OC)c1. The van der Waals surface area contributed by atoms with E-state index in [1.54, 1.807) is 6.92 Å². The van der Waals surface area contributed by atoms with Crippen molar-refractivity contribution in [1.29, 1.82) is 0 Å². The summed E-state index contributed by atoms with van der Waals surface area (Å²) in [5.74, 6) is 0.113. The maximum Gasteiger partial charge on any atom is 0.338 e. The number of ether oxygens (including phenoxy) is 3. The van der Waals surface area contributed by atoms with E-state index in [1.807, 2.05) is 0 Å². The Kier molecular flexibility index (Phi) is 4.32. The van der Waals surface area contributed by atoms with Gasteiger partial charge in [0.2, 0.25) is 0 Å². The first-order valence-electron chi connectivity index (χ1n) is 4.68. The molecule has 1 rings (SSSR count). The van der Waals surface area contributed by atoms with Crippen molar-refractivity contribution in [2.45, 2.75) is 6.92 Å². The van der Waals surface area contributed by atoms with Gasteiger partial charge in [-0.2, -0.15) is 0 Å². The van der Waals surface area contributed by atoms with Gasteiger partial charge in [-0.15, -0.1) is 0 Å². The fourth-order valence-corrected chi connectivity index (χ4v) is 1.16. The highest BCUT2D eigenvalue weighted by Gasteiger charge is 2.11. The van der Waals surface area contributed by atoms with E-state index in [2.05, 4.69) is 4.74 Å². The zero-order valence-electron chi connectivity index (χ0n) is 9.06. The van der Waals surface area contributed by atoms with Gasteiger partial charge in [0.1, 0.15) is 0 Å². The number of esters is 1. The van der Waals surface area contributed by atoms with Gasteiger partial charge in [-0.25, -0.2) is 4.79 Å². The largest absolute Gasteiger partial charge is 0.493 e. The lowest BCUT2D eigenvalue weighted by molar-refractivity contribution is -0.120. The van der Waals surface area contributed by atoms with Gasteiger partial charge in [0.05, 0.1) is 19.3 Å². The first-order valence-corrected chi connectivity index (χ1v) is 4.68. The summed E-state index contributed by atoms with van der Waals surface area (Å²) < 4.78 is 14.5. The highest BCUT2D eigenvalue weighted by Crippen LogP contribution is 2.27. The standard InChI is InChI=1S/C11H12O5/c1-3-15-11(13)8-4-5-9(16-7-12)10(6-8)14-2/h4-7H,3H2,1-2H3. The van der Waals surface area contributed by atoms with Gasteiger partial charge < -0.3 is 14.2 Å². The van der Waals surface area contributed by atoms with Crippen molar-refractivity contribution in [2.24, 2.45) is 0 Å². The number of benzene rings is 1. The molecular weight excluding hydrogens is 212 g/mol. The van der Waals surface area contributed by atoms with E-state index in [4.69, 9.17) is 9.47 Å². The molecular formula is C11H12O5. The summed E-state index contributed by atoms with van der Waals surface area (Å²) in [6.07, 6.45) is 0. The Labute approximate surface area is 92.9 Å². The lowest BCUT2D eigenvalue weighted by Crippen LogP contribution is -2.05. The normalized spacial score (nSPS) is 9.38. The van der Waals surface area contributed by atoms with Gasteiger partial charge in [0, 0.05) is 0 Å². The molecule has 0 fully saturated rings. The van der Waals surface area contributed by atoms with Crippen molar-refractivity contribution in [3.8, 4) is 11.5 Å². The van der Waals surface area contributed by atoms with Crippen LogP contribution in [0.15, 0.2) is 18.2 Å². The second kappa shape index (κ2) is 5.75. The van der Waals surface area contributed by atoms with E-state index in [0.29, 0.717) is 24.4 Å². The average molecular weight is 224 g/mol. The van der Waals surface area contributed by atoms with Crippen molar-refractivity contribution >= 4 is 12.4 Å². The molecule has 0 N–H and O–H groups in total. The molecule has 0 aliphatic carbocycles. The molecule has 0 saturated carbocycles. The first kappa shape index (κ1) is 12.0. The Morgan fingerprint density at radius 2 is 2.12 bits per heavy atom. The summed E-state index contributed by atoms with van der Waals surface area (Å²) in [4.78, 5) is 21.6. The zero-order valence-corrected chi connectivity index (χ0v) is 9.06. The van der Waals surface area contributed by atoms with E-state index in [9.17, 15) is 9.59 Å². The van der Waals surface area contributed by atoms with Crippen LogP contribution >= 0.6 is 0 Å². The van der Waals surface area contributed by atoms with Crippen molar-refractivity contribution in [2.75, 3.05) is 13.7 Å². The van der Waals surface area contributed by atoms with Crippen LogP contribution in [0, 0.1) is 0 Å². The first-order chi connectivity index (χ1) is 7.72. The smallest absolute Gasteiger partial charge is 0.338 e. The molecule has 0 bridgehead atoms. The van der Waals surface area contributed by atoms with Crippen LogP contribution in [-0.2, 0) is 9.53 Å². The predicted octanol–water partition coefficient (Wildman–Crippen LogP) is 1.41. The van der Waals surface area contributed by atoms with Crippen LogP contribution in [0.3, 0.4) is 0 Å². The predicted molar refractivity (Wildman–Crippen MR) is 55.6 cm³/mol. The third-order valence-electron chi connectivity index (χ3n) is 1.85. The summed E-state index contributed by atoms with van der Waals surface area (Å²) in [6.45, 7) is 2.31. The molecule has 0 aromatic heterocycles. The Hall–Kier alpha value is -2.04. The maximum atomic E-state index is 11.4. The van der Waals surface area contributed by atoms with Crippen molar-refractivity contribution in [3.05, 3.63) is 23.8 Å². The number of hydrogen-bond acceptors (Lipinski definition) is 5. The fraction of sp³-hybridized carbons (Fsp3) is 0.273. The highest BCUT2D eigenvalue weighted by molar-refractivity contribution is 5.90. The second-order valence-electron chi connectivity index (χ2n) is 2.80. The third kappa shape index (κ3) is 2.73. The van der Waals surface area contributed by atoms with Gasteiger partial charge in [-0.05, 0) is 25.1 Å². The molecule has 0 amide bonds. The zero-order chi connectivity index (χ0) is 12.0. The molecule has 0 radical (unpaired) electrons. The molecule has 0 saturated heterocycles. The number of methoxy groups -OCH3 is 1. The molecule has 5 heteroatoms. The van der Waals surface area contributed by atoms with Crippen LogP contribution in [0.2, 0.25) is 0 Å². The molecule has 0 unspecified atom stereocenters. The van der Waals surface area contributed by atoms with Crippen LogP contribution in [0.5, 0.6) is 11.5 Å². The maximum absolute atomic E-state index is 11.4. The van der Waals surface area contributed by atoms with Crippen molar-refractivity contribution in [1.82, 2.24) is 0 Å². The molecule has 0 atom stereocenters. The summed E-state index contributed by atoms with van der Waals surface area (Å²) >= 11 is 0. The van der Waals surface area contributed by atoms with Crippen LogP contribution < -0.4 is 9.47 Å². The van der Waals surface area contributed by atoms with E-state index >= 15 is 0 Å². The minimum Gasteiger partial charge on any atom is -0.493 e. The molecule has 5 nitrogen and oxygen atoms in total. The van der Waals surface area contributed by atoms with Gasteiger partial charge in [-0.1, -0.05) is 0 Å². The lowest BCUT2D eigenvalue weighted by Gasteiger charge is -2.08. The molecule has 1 aromatic rings. The number of rotatable bonds is 5. The lowest BCUT2D eigenvalue weighted by atomic mass is 10.2. The van der Waals surface area contributed by atoms with Crippen LogP contribution in [0.1, 0.15) is 17.3 Å². The van der Waals surface area contributed by atoms with E-state index in [0.717, 1.165) is 0 Å². The number of carbonyl (C=O) groups excluding carboxylic acids is 2. The Balaban J connectivity index is 2.98. The topological polar surface area (TPSA) is 61.8 Å². The number of hydrogen-bond donors (Lipinski definition) is 0. The Morgan fingerprint density at radius 1 is 1.38 bits per heavy atom. The third-order valence-corrected chi connectivity index (χ3v) is 1.85. The Morgan fingerprint density at radius 3 is 2.69 bits per heavy atom. The van der Waals surface area contributed by atoms with E-state index < -0.39 is 5.97 Å². The minimum atomic E-state index is -0.446. The van der Waals surface area contributed by atoms with Crippen LogP contribution in [-0.4, -0.2) is 26.2 Å². The summed E-state index contributed by atoms with van der Waals surface area (Å²) in [5, 5.41) is 0. The highest BCUT2D eigenvalue weighted by atomic mass is 16.5. The molecule has 0 aliphatic rings. The second-order valence-corrected chi connectivity index (χ2v) is 2.80. The summed E-state index contributed by atoms with van der Waals surface area (Å²) in [5.41, 5.74) is 0.344. The fourth-order valence-electron chi connectivity index (χ4n) is 1.16. The van der Waals surface area contributed by atoms with Crippen molar-refractivity contribution in [3.63, 3.8) is 0 Å². The minimum absolute atomic E-state index is 0.255. The van der Waals surface area contributed by atoms with Gasteiger partial charge in [0.15, 0.2) is 11.5 Å². The quantitative estimate of drug-likeness (QED) is 0.559. The summed E-state index contributed by atoms with van der Waals surface area (Å²) in [7, 11) is 1.42. The monoisotopic (exact) mass is 224 g/mol. The molecule has 0 heterocycles. The van der Waals surface area contributed by atoms with E-state index in [-0.39, 0.29) is 5.75 Å². The number of carbonyl (C=O) groups is 2. The molecule has 86 valence electrons. The van der Waals surface area contributed by atoms with Gasteiger partial charge in [-0.3, -0.25) is 4.79 Å². The molecule has 1 aromatic carbocycles. The van der Waals surface area contributed by atoms with E-state index in [1.165, 1.54) is 25.3 Å².